The van der Waals surface area contributed by atoms with Crippen molar-refractivity contribution in [3.8, 4) is 22.9 Å². The molecule has 3 heterocycles. The van der Waals surface area contributed by atoms with E-state index in [1.807, 2.05) is 85.8 Å². The number of rotatable bonds is 6. The van der Waals surface area contributed by atoms with Gasteiger partial charge in [-0.2, -0.15) is 0 Å². The minimum absolute atomic E-state index is 0.0381. The van der Waals surface area contributed by atoms with Gasteiger partial charge < -0.3 is 24.5 Å². The molecule has 0 aliphatic carbocycles. The van der Waals surface area contributed by atoms with Crippen molar-refractivity contribution in [3.05, 3.63) is 102 Å². The van der Waals surface area contributed by atoms with E-state index in [1.165, 1.54) is 6.33 Å². The smallest absolute Gasteiger partial charge is 0.151 e. The van der Waals surface area contributed by atoms with E-state index in [4.69, 9.17) is 19.9 Å². The highest BCUT2D eigenvalue weighted by Gasteiger charge is 2.30. The van der Waals surface area contributed by atoms with E-state index in [9.17, 15) is 0 Å². The molecule has 0 radical (unpaired) electrons. The maximum atomic E-state index is 6.26. The average Bonchev–Trinajstić information content (AvgIpc) is 3.43. The summed E-state index contributed by atoms with van der Waals surface area (Å²) in [5, 5.41) is 0. The molecule has 0 spiro atoms. The molecule has 2 aromatic heterocycles. The first kappa shape index (κ1) is 21.2. The normalized spacial score (nSPS) is 14.7. The van der Waals surface area contributed by atoms with Crippen LogP contribution in [0.3, 0.4) is 0 Å². The lowest BCUT2D eigenvalue weighted by atomic mass is 10.1. The second kappa shape index (κ2) is 8.77. The number of nitrogen functional groups attached to an aromatic ring is 1. The van der Waals surface area contributed by atoms with E-state index in [0.717, 1.165) is 50.8 Å². The first-order valence-electron chi connectivity index (χ1n) is 11.5. The van der Waals surface area contributed by atoms with Crippen molar-refractivity contribution >= 4 is 16.9 Å². The van der Waals surface area contributed by atoms with Crippen molar-refractivity contribution in [1.29, 1.82) is 0 Å². The maximum Gasteiger partial charge on any atom is 0.151 e. The lowest BCUT2D eigenvalue weighted by molar-refractivity contribution is 0.0783. The Labute approximate surface area is 202 Å². The second-order valence-electron chi connectivity index (χ2n) is 8.45. The van der Waals surface area contributed by atoms with E-state index in [-0.39, 0.29) is 6.10 Å². The summed E-state index contributed by atoms with van der Waals surface area (Å²) in [6.07, 6.45) is 1.47. The van der Waals surface area contributed by atoms with Gasteiger partial charge in [0, 0.05) is 11.3 Å². The van der Waals surface area contributed by atoms with Crippen molar-refractivity contribution in [1.82, 2.24) is 14.5 Å². The molecule has 5 aromatic rings. The van der Waals surface area contributed by atoms with Gasteiger partial charge in [0.05, 0.1) is 18.4 Å². The molecule has 35 heavy (non-hydrogen) atoms. The van der Waals surface area contributed by atoms with E-state index in [2.05, 4.69) is 14.5 Å². The van der Waals surface area contributed by atoms with Crippen LogP contribution in [-0.2, 0) is 18.0 Å². The third kappa shape index (κ3) is 3.96. The van der Waals surface area contributed by atoms with Crippen LogP contribution < -0.4 is 15.2 Å². The Morgan fingerprint density at radius 1 is 0.943 bits per heavy atom. The molecule has 0 saturated carbocycles. The van der Waals surface area contributed by atoms with Gasteiger partial charge in [-0.05, 0) is 61.0 Å². The lowest BCUT2D eigenvalue weighted by Gasteiger charge is -2.12. The van der Waals surface area contributed by atoms with Crippen LogP contribution in [0.1, 0.15) is 29.8 Å². The summed E-state index contributed by atoms with van der Waals surface area (Å²) in [6.45, 7) is 3.00. The standard InChI is InChI=1S/C28H24N4O3/c1-18-25-24(16-33-18)32(27-26(25)30-17-31-28(27)29)20-10-12-22(13-11-20)35-23-9-5-6-19(14-23)15-34-21-7-3-2-4-8-21/h2-14,17-18H,15-16H2,1H3,(H2,29,30,31). The Balaban J connectivity index is 1.24. The van der Waals surface area contributed by atoms with Crippen molar-refractivity contribution in [3.63, 3.8) is 0 Å². The van der Waals surface area contributed by atoms with Crippen LogP contribution >= 0.6 is 0 Å². The highest BCUT2D eigenvalue weighted by Crippen LogP contribution is 2.40. The number of benzene rings is 3. The van der Waals surface area contributed by atoms with Crippen LogP contribution in [0, 0.1) is 0 Å². The highest BCUT2D eigenvalue weighted by atomic mass is 16.5. The number of hydrogen-bond acceptors (Lipinski definition) is 6. The molecule has 2 N–H and O–H groups in total. The summed E-state index contributed by atoms with van der Waals surface area (Å²) in [4.78, 5) is 8.72. The minimum atomic E-state index is -0.0381. The molecule has 1 atom stereocenters. The quantitative estimate of drug-likeness (QED) is 0.334. The first-order chi connectivity index (χ1) is 17.2. The Hall–Kier alpha value is -4.36. The monoisotopic (exact) mass is 464 g/mol. The maximum absolute atomic E-state index is 6.26. The number of para-hydroxylation sites is 1. The van der Waals surface area contributed by atoms with Gasteiger partial charge in [-0.3, -0.25) is 0 Å². The molecule has 1 aliphatic heterocycles. The number of nitrogens with two attached hydrogens (primary N) is 1. The molecular formula is C28H24N4O3. The number of anilines is 1. The van der Waals surface area contributed by atoms with E-state index in [1.54, 1.807) is 0 Å². The Morgan fingerprint density at radius 2 is 1.74 bits per heavy atom. The molecule has 1 unspecified atom stereocenters. The molecule has 7 heteroatoms. The van der Waals surface area contributed by atoms with Gasteiger partial charge in [-0.25, -0.2) is 9.97 Å². The molecule has 1 aliphatic rings. The van der Waals surface area contributed by atoms with E-state index in [0.29, 0.717) is 19.0 Å². The van der Waals surface area contributed by atoms with Gasteiger partial charge in [0.1, 0.15) is 41.2 Å². The van der Waals surface area contributed by atoms with Gasteiger partial charge in [0.25, 0.3) is 0 Å². The third-order valence-corrected chi connectivity index (χ3v) is 6.16. The molecule has 3 aromatic carbocycles. The number of nitrogens with zero attached hydrogens (tertiary/aromatic N) is 3. The summed E-state index contributed by atoms with van der Waals surface area (Å²) < 4.78 is 20.0. The molecular weight excluding hydrogens is 440 g/mol. The van der Waals surface area contributed by atoms with Crippen molar-refractivity contribution in [2.75, 3.05) is 5.73 Å². The largest absolute Gasteiger partial charge is 0.489 e. The van der Waals surface area contributed by atoms with Crippen molar-refractivity contribution in [2.24, 2.45) is 0 Å². The molecule has 7 nitrogen and oxygen atoms in total. The SMILES string of the molecule is CC1OCc2c1c1ncnc(N)c1n2-c1ccc(Oc2cccc(COc3ccccc3)c2)cc1. The zero-order chi connectivity index (χ0) is 23.8. The van der Waals surface area contributed by atoms with Gasteiger partial charge in [-0.15, -0.1) is 0 Å². The number of ether oxygens (including phenoxy) is 3. The number of aromatic nitrogens is 3. The highest BCUT2D eigenvalue weighted by molar-refractivity contribution is 5.91. The van der Waals surface area contributed by atoms with Crippen molar-refractivity contribution < 1.29 is 14.2 Å². The topological polar surface area (TPSA) is 84.4 Å². The minimum Gasteiger partial charge on any atom is -0.489 e. The molecule has 6 rings (SSSR count). The van der Waals surface area contributed by atoms with Crippen LogP contribution in [0.4, 0.5) is 5.82 Å². The lowest BCUT2D eigenvalue weighted by Crippen LogP contribution is -2.03. The van der Waals surface area contributed by atoms with Crippen LogP contribution in [0.2, 0.25) is 0 Å². The summed E-state index contributed by atoms with van der Waals surface area (Å²) in [6, 6.07) is 25.6. The summed E-state index contributed by atoms with van der Waals surface area (Å²) in [5.74, 6) is 2.77. The predicted molar refractivity (Wildman–Crippen MR) is 134 cm³/mol. The van der Waals surface area contributed by atoms with Crippen LogP contribution in [-0.4, -0.2) is 14.5 Å². The van der Waals surface area contributed by atoms with Gasteiger partial charge in [-0.1, -0.05) is 30.3 Å². The fourth-order valence-electron chi connectivity index (χ4n) is 4.53. The fourth-order valence-corrected chi connectivity index (χ4v) is 4.53. The Bertz CT molecular complexity index is 1500. The van der Waals surface area contributed by atoms with E-state index >= 15 is 0 Å². The van der Waals surface area contributed by atoms with Crippen molar-refractivity contribution in [2.45, 2.75) is 26.2 Å². The second-order valence-corrected chi connectivity index (χ2v) is 8.45. The molecule has 0 bridgehead atoms. The van der Waals surface area contributed by atoms with Gasteiger partial charge in [0.15, 0.2) is 5.82 Å². The Kier molecular flexibility index (Phi) is 5.31. The van der Waals surface area contributed by atoms with Crippen LogP contribution in [0.15, 0.2) is 85.2 Å². The Morgan fingerprint density at radius 3 is 2.57 bits per heavy atom. The fraction of sp³-hybridized carbons (Fsp3) is 0.143. The zero-order valence-electron chi connectivity index (χ0n) is 19.2. The average molecular weight is 465 g/mol. The predicted octanol–water partition coefficient (Wildman–Crippen LogP) is 5.97. The van der Waals surface area contributed by atoms with Crippen LogP contribution in [0.25, 0.3) is 16.7 Å². The van der Waals surface area contributed by atoms with Crippen LogP contribution in [0.5, 0.6) is 17.2 Å². The number of hydrogen-bond donors (Lipinski definition) is 1. The van der Waals surface area contributed by atoms with Gasteiger partial charge in [0.2, 0.25) is 0 Å². The summed E-state index contributed by atoms with van der Waals surface area (Å²) in [7, 11) is 0. The first-order valence-corrected chi connectivity index (χ1v) is 11.5. The molecule has 174 valence electrons. The van der Waals surface area contributed by atoms with E-state index < -0.39 is 0 Å². The third-order valence-electron chi connectivity index (χ3n) is 6.16. The molecule has 0 fully saturated rings. The molecule has 0 amide bonds. The zero-order valence-corrected chi connectivity index (χ0v) is 19.2. The summed E-state index contributed by atoms with van der Waals surface area (Å²) in [5.41, 5.74) is 12.0. The molecule has 0 saturated heterocycles. The number of fused-ring (bicyclic) bond motifs is 3. The van der Waals surface area contributed by atoms with Gasteiger partial charge >= 0.3 is 0 Å². The summed E-state index contributed by atoms with van der Waals surface area (Å²) >= 11 is 0.